The van der Waals surface area contributed by atoms with Gasteiger partial charge < -0.3 is 26.2 Å². The van der Waals surface area contributed by atoms with Gasteiger partial charge in [-0.3, -0.25) is 19.2 Å². The number of hydrogen-bond donors (Lipinski definition) is 3. The number of para-hydroxylation sites is 1. The Bertz CT molecular complexity index is 1230. The maximum atomic E-state index is 14.0. The third kappa shape index (κ3) is 6.33. The number of nitrogens with two attached hydrogens (primary N) is 1. The van der Waals surface area contributed by atoms with Crippen LogP contribution < -0.4 is 26.2 Å². The van der Waals surface area contributed by atoms with Crippen molar-refractivity contribution in [1.29, 1.82) is 0 Å². The lowest BCUT2D eigenvalue weighted by Crippen LogP contribution is -2.60. The number of fused-ring (bicyclic) bond motifs is 1. The summed E-state index contributed by atoms with van der Waals surface area (Å²) in [4.78, 5) is 56.4. The van der Waals surface area contributed by atoms with Crippen molar-refractivity contribution in [3.8, 4) is 0 Å². The zero-order valence-corrected chi connectivity index (χ0v) is 24.0. The Morgan fingerprint density at radius 2 is 2.00 bits per heavy atom. The molecular weight excluding hydrogens is 514 g/mol. The first-order valence-corrected chi connectivity index (χ1v) is 14.6. The van der Waals surface area contributed by atoms with E-state index in [0.717, 1.165) is 28.9 Å². The molecule has 1 aromatic carbocycles. The molecular formula is C29H39N5O4S. The number of carbonyl (C=O) groups excluding carboxylic acids is 4. The van der Waals surface area contributed by atoms with Gasteiger partial charge in [-0.05, 0) is 66.1 Å². The summed E-state index contributed by atoms with van der Waals surface area (Å²) in [5, 5.41) is 9.70. The molecule has 4 N–H and O–H groups in total. The van der Waals surface area contributed by atoms with E-state index in [1.807, 2.05) is 55.8 Å². The summed E-state index contributed by atoms with van der Waals surface area (Å²) in [5.74, 6) is -0.872. The van der Waals surface area contributed by atoms with Crippen molar-refractivity contribution in [2.75, 3.05) is 16.3 Å². The summed E-state index contributed by atoms with van der Waals surface area (Å²) in [5.41, 5.74) is 8.34. The van der Waals surface area contributed by atoms with Crippen molar-refractivity contribution in [2.45, 2.75) is 84.0 Å². The summed E-state index contributed by atoms with van der Waals surface area (Å²) < 4.78 is 0. The van der Waals surface area contributed by atoms with E-state index >= 15 is 0 Å². The van der Waals surface area contributed by atoms with E-state index in [-0.39, 0.29) is 17.7 Å². The highest BCUT2D eigenvalue weighted by Crippen LogP contribution is 2.40. The lowest BCUT2D eigenvalue weighted by atomic mass is 9.94. The minimum atomic E-state index is -1.10. The maximum Gasteiger partial charge on any atom is 0.250 e. The number of carbonyl (C=O) groups is 4. The predicted molar refractivity (Wildman–Crippen MR) is 153 cm³/mol. The molecule has 0 aliphatic carbocycles. The van der Waals surface area contributed by atoms with E-state index in [4.69, 9.17) is 5.73 Å². The number of thiophene rings is 1. The molecule has 4 amide bonds. The van der Waals surface area contributed by atoms with Crippen LogP contribution in [0.3, 0.4) is 0 Å². The maximum absolute atomic E-state index is 14.0. The van der Waals surface area contributed by atoms with Gasteiger partial charge in [-0.25, -0.2) is 0 Å². The Balaban J connectivity index is 1.63. The first-order valence-electron chi connectivity index (χ1n) is 13.7. The van der Waals surface area contributed by atoms with Crippen LogP contribution in [-0.2, 0) is 32.1 Å². The molecule has 210 valence electrons. The number of benzene rings is 1. The minimum Gasteiger partial charge on any atom is -0.343 e. The smallest absolute Gasteiger partial charge is 0.250 e. The van der Waals surface area contributed by atoms with Gasteiger partial charge in [0.15, 0.2) is 0 Å². The SMILES string of the molecule is CC[C@@](C)(N)C(=O)N[C@H](CC(C)C)C(=O)NC1Cc2cccc(N3CCCC3=O)c2N(Cc2ccsc2)C1=O. The molecule has 1 aromatic heterocycles. The predicted octanol–water partition coefficient (Wildman–Crippen LogP) is 3.11. The fraction of sp³-hybridized carbons (Fsp3) is 0.517. The molecule has 3 atom stereocenters. The van der Waals surface area contributed by atoms with Crippen LogP contribution in [0.4, 0.5) is 11.4 Å². The molecule has 4 rings (SSSR count). The third-order valence-corrected chi connectivity index (χ3v) is 8.27. The zero-order chi connectivity index (χ0) is 28.3. The molecule has 1 unspecified atom stereocenters. The van der Waals surface area contributed by atoms with Crippen LogP contribution in [-0.4, -0.2) is 47.8 Å². The zero-order valence-electron chi connectivity index (χ0n) is 23.2. The van der Waals surface area contributed by atoms with Crippen molar-refractivity contribution < 1.29 is 19.2 Å². The number of anilines is 2. The van der Waals surface area contributed by atoms with Crippen LogP contribution in [0.15, 0.2) is 35.0 Å². The topological polar surface area (TPSA) is 125 Å². The van der Waals surface area contributed by atoms with E-state index < -0.39 is 29.4 Å². The molecule has 1 fully saturated rings. The van der Waals surface area contributed by atoms with Crippen molar-refractivity contribution in [2.24, 2.45) is 11.7 Å². The van der Waals surface area contributed by atoms with Gasteiger partial charge in [0.05, 0.1) is 23.5 Å². The van der Waals surface area contributed by atoms with Crippen LogP contribution in [0.5, 0.6) is 0 Å². The molecule has 0 radical (unpaired) electrons. The summed E-state index contributed by atoms with van der Waals surface area (Å²) in [7, 11) is 0. The van der Waals surface area contributed by atoms with E-state index in [0.29, 0.717) is 38.8 Å². The number of hydrogen-bond acceptors (Lipinski definition) is 6. The molecule has 1 saturated heterocycles. The molecule has 3 heterocycles. The van der Waals surface area contributed by atoms with Gasteiger partial charge in [-0.15, -0.1) is 0 Å². The molecule has 2 aliphatic heterocycles. The molecule has 10 heteroatoms. The van der Waals surface area contributed by atoms with Crippen molar-refractivity contribution >= 4 is 46.3 Å². The Kier molecular flexibility index (Phi) is 8.76. The van der Waals surface area contributed by atoms with Gasteiger partial charge in [0, 0.05) is 19.4 Å². The van der Waals surface area contributed by atoms with Gasteiger partial charge in [-0.1, -0.05) is 32.9 Å². The highest BCUT2D eigenvalue weighted by Gasteiger charge is 2.39. The Labute approximate surface area is 234 Å². The normalized spacial score (nSPS) is 19.6. The summed E-state index contributed by atoms with van der Waals surface area (Å²) >= 11 is 1.55. The second-order valence-electron chi connectivity index (χ2n) is 11.2. The molecule has 9 nitrogen and oxygen atoms in total. The number of amides is 4. The average Bonchev–Trinajstić information content (AvgIpc) is 3.56. The second kappa shape index (κ2) is 11.9. The highest BCUT2D eigenvalue weighted by atomic mass is 32.1. The van der Waals surface area contributed by atoms with Gasteiger partial charge in [-0.2, -0.15) is 11.3 Å². The molecule has 2 aliphatic rings. The lowest BCUT2D eigenvalue weighted by Gasteiger charge is -2.38. The first-order chi connectivity index (χ1) is 18.5. The van der Waals surface area contributed by atoms with E-state index in [1.54, 1.807) is 28.1 Å². The first kappa shape index (κ1) is 28.8. The molecule has 0 spiro atoms. The molecule has 2 aromatic rings. The summed E-state index contributed by atoms with van der Waals surface area (Å²) in [6.45, 7) is 8.35. The van der Waals surface area contributed by atoms with Crippen LogP contribution in [0, 0.1) is 5.92 Å². The van der Waals surface area contributed by atoms with E-state index in [9.17, 15) is 19.2 Å². The Hall–Kier alpha value is -3.24. The molecule has 0 saturated carbocycles. The van der Waals surface area contributed by atoms with Crippen LogP contribution in [0.25, 0.3) is 0 Å². The fourth-order valence-electron chi connectivity index (χ4n) is 5.07. The van der Waals surface area contributed by atoms with Gasteiger partial charge >= 0.3 is 0 Å². The van der Waals surface area contributed by atoms with E-state index in [2.05, 4.69) is 10.6 Å². The summed E-state index contributed by atoms with van der Waals surface area (Å²) in [6, 6.07) is 6.07. The number of rotatable bonds is 10. The standard InChI is InChI=1S/C29H39N5O4S/c1-5-29(4,30)28(38)32-21(14-18(2)3)26(36)31-22-15-20-8-6-9-23(33-12-7-10-24(33)35)25(20)34(27(22)37)16-19-11-13-39-17-19/h6,8-9,11,13,17-18,21-22H,5,7,10,12,14-16,30H2,1-4H3,(H,31,36)(H,32,38)/t21-,22?,29-/m1/s1. The van der Waals surface area contributed by atoms with E-state index in [1.165, 1.54) is 0 Å². The minimum absolute atomic E-state index is 0.0491. The summed E-state index contributed by atoms with van der Waals surface area (Å²) in [6.07, 6.45) is 2.40. The van der Waals surface area contributed by atoms with Gasteiger partial charge in [0.25, 0.3) is 0 Å². The van der Waals surface area contributed by atoms with Crippen molar-refractivity contribution in [3.63, 3.8) is 0 Å². The number of nitrogens with one attached hydrogen (secondary N) is 2. The molecule has 0 bridgehead atoms. The molecule has 39 heavy (non-hydrogen) atoms. The van der Waals surface area contributed by atoms with Crippen LogP contribution >= 0.6 is 11.3 Å². The monoisotopic (exact) mass is 553 g/mol. The largest absolute Gasteiger partial charge is 0.343 e. The van der Waals surface area contributed by atoms with Crippen molar-refractivity contribution in [3.05, 3.63) is 46.2 Å². The number of nitrogens with zero attached hydrogens (tertiary/aromatic N) is 2. The quantitative estimate of drug-likeness (QED) is 0.417. The van der Waals surface area contributed by atoms with Crippen molar-refractivity contribution in [1.82, 2.24) is 10.6 Å². The lowest BCUT2D eigenvalue weighted by molar-refractivity contribution is -0.133. The fourth-order valence-corrected chi connectivity index (χ4v) is 5.73. The average molecular weight is 554 g/mol. The Morgan fingerprint density at radius 1 is 1.23 bits per heavy atom. The van der Waals surface area contributed by atoms with Gasteiger partial charge in [0.1, 0.15) is 12.1 Å². The van der Waals surface area contributed by atoms with Gasteiger partial charge in [0.2, 0.25) is 23.6 Å². The second-order valence-corrected chi connectivity index (χ2v) is 12.0. The van der Waals surface area contributed by atoms with Crippen LogP contribution in [0.2, 0.25) is 0 Å². The third-order valence-electron chi connectivity index (χ3n) is 7.54. The highest BCUT2D eigenvalue weighted by molar-refractivity contribution is 7.07. The Morgan fingerprint density at radius 3 is 2.62 bits per heavy atom. The van der Waals surface area contributed by atoms with Crippen LogP contribution in [0.1, 0.15) is 64.5 Å².